The van der Waals surface area contributed by atoms with E-state index in [1.807, 2.05) is 0 Å². The summed E-state index contributed by atoms with van der Waals surface area (Å²) < 4.78 is 6.02. The Morgan fingerprint density at radius 3 is 2.14 bits per heavy atom. The number of allylic oxidation sites excluding steroid dienone is 2. The van der Waals surface area contributed by atoms with Crippen LogP contribution in [0, 0.1) is 17.8 Å². The summed E-state index contributed by atoms with van der Waals surface area (Å²) in [6, 6.07) is 0. The van der Waals surface area contributed by atoms with Crippen LogP contribution in [0.1, 0.15) is 77.6 Å². The van der Waals surface area contributed by atoms with Crippen LogP contribution in [0.4, 0.5) is 0 Å². The van der Waals surface area contributed by atoms with Crippen molar-refractivity contribution in [3.63, 3.8) is 0 Å². The Balaban J connectivity index is 1.60. The molecule has 1 nitrogen and oxygen atoms in total. The first kappa shape index (κ1) is 17.8. The van der Waals surface area contributed by atoms with Gasteiger partial charge in [0.05, 0.1) is 12.7 Å². The lowest BCUT2D eigenvalue weighted by Gasteiger charge is -2.37. The average Bonchev–Trinajstić information content (AvgIpc) is 2.58. The van der Waals surface area contributed by atoms with E-state index >= 15 is 0 Å². The molecule has 0 unspecified atom stereocenters. The largest absolute Gasteiger partial charge is 0.378 e. The van der Waals surface area contributed by atoms with Gasteiger partial charge in [0.2, 0.25) is 0 Å². The standard InChI is InChI=1S/C21H36O/c1-3-5-7-17-22-21-15-13-20(14-16-21)19-11-9-18(10-12-19)8-6-4-2/h3-5,18-21H,2,6-17H2,1H3/b5-3-. The molecule has 1 heteroatoms. The van der Waals surface area contributed by atoms with E-state index in [1.54, 1.807) is 0 Å². The van der Waals surface area contributed by atoms with Crippen LogP contribution in [-0.4, -0.2) is 12.7 Å². The van der Waals surface area contributed by atoms with Crippen LogP contribution >= 0.6 is 0 Å². The van der Waals surface area contributed by atoms with Gasteiger partial charge in [-0.05, 0) is 82.5 Å². The van der Waals surface area contributed by atoms with Crippen molar-refractivity contribution in [2.24, 2.45) is 17.8 Å². The quantitative estimate of drug-likeness (QED) is 0.377. The summed E-state index contributed by atoms with van der Waals surface area (Å²) in [5, 5.41) is 0. The SMILES string of the molecule is C=CCCC1CCC(C2CCC(OCC/C=C\C)CC2)CC1. The molecule has 22 heavy (non-hydrogen) atoms. The summed E-state index contributed by atoms with van der Waals surface area (Å²) in [7, 11) is 0. The number of rotatable bonds is 8. The lowest BCUT2D eigenvalue weighted by atomic mass is 9.70. The number of hydrogen-bond acceptors (Lipinski definition) is 1. The van der Waals surface area contributed by atoms with Crippen molar-refractivity contribution in [2.45, 2.75) is 83.7 Å². The summed E-state index contributed by atoms with van der Waals surface area (Å²) in [6.07, 6.45) is 22.0. The molecule has 126 valence electrons. The lowest BCUT2D eigenvalue weighted by molar-refractivity contribution is 0.00913. The molecule has 0 spiro atoms. The highest BCUT2D eigenvalue weighted by Gasteiger charge is 2.30. The predicted molar refractivity (Wildman–Crippen MR) is 96.0 cm³/mol. The fourth-order valence-corrected chi connectivity index (χ4v) is 4.50. The van der Waals surface area contributed by atoms with Gasteiger partial charge in [-0.2, -0.15) is 0 Å². The molecule has 2 saturated carbocycles. The van der Waals surface area contributed by atoms with E-state index in [0.717, 1.165) is 30.8 Å². The molecule has 0 amide bonds. The summed E-state index contributed by atoms with van der Waals surface area (Å²) in [5.74, 6) is 3.00. The van der Waals surface area contributed by atoms with Crippen LogP contribution in [0.25, 0.3) is 0 Å². The van der Waals surface area contributed by atoms with Crippen LogP contribution < -0.4 is 0 Å². The predicted octanol–water partition coefficient (Wildman–Crippen LogP) is 6.30. The van der Waals surface area contributed by atoms with E-state index < -0.39 is 0 Å². The highest BCUT2D eigenvalue weighted by atomic mass is 16.5. The Bertz CT molecular complexity index is 317. The third kappa shape index (κ3) is 5.91. The summed E-state index contributed by atoms with van der Waals surface area (Å²) >= 11 is 0. The third-order valence-corrected chi connectivity index (χ3v) is 5.93. The summed E-state index contributed by atoms with van der Waals surface area (Å²) in [6.45, 7) is 6.85. The lowest BCUT2D eigenvalue weighted by Crippen LogP contribution is -2.28. The average molecular weight is 305 g/mol. The molecule has 0 radical (unpaired) electrons. The first-order valence-electron chi connectivity index (χ1n) is 9.67. The molecule has 0 aromatic carbocycles. The second kappa shape index (κ2) is 10.3. The second-order valence-electron chi connectivity index (χ2n) is 7.41. The Labute approximate surface area is 138 Å². The van der Waals surface area contributed by atoms with Gasteiger partial charge < -0.3 is 4.74 Å². The van der Waals surface area contributed by atoms with E-state index in [2.05, 4.69) is 31.7 Å². The van der Waals surface area contributed by atoms with Crippen molar-refractivity contribution in [3.8, 4) is 0 Å². The van der Waals surface area contributed by atoms with Crippen molar-refractivity contribution in [3.05, 3.63) is 24.8 Å². The number of hydrogen-bond donors (Lipinski definition) is 0. The monoisotopic (exact) mass is 304 g/mol. The van der Waals surface area contributed by atoms with Gasteiger partial charge in [0, 0.05) is 0 Å². The van der Waals surface area contributed by atoms with E-state index in [-0.39, 0.29) is 0 Å². The Hall–Kier alpha value is -0.560. The van der Waals surface area contributed by atoms with Gasteiger partial charge in [-0.1, -0.05) is 31.1 Å². The van der Waals surface area contributed by atoms with E-state index in [1.165, 1.54) is 64.2 Å². The maximum Gasteiger partial charge on any atom is 0.0575 e. The van der Waals surface area contributed by atoms with Crippen molar-refractivity contribution in [1.82, 2.24) is 0 Å². The van der Waals surface area contributed by atoms with E-state index in [4.69, 9.17) is 4.74 Å². The Morgan fingerprint density at radius 1 is 0.909 bits per heavy atom. The molecule has 0 aliphatic heterocycles. The highest BCUT2D eigenvalue weighted by molar-refractivity contribution is 4.83. The molecule has 0 atom stereocenters. The first-order chi connectivity index (χ1) is 10.8. The van der Waals surface area contributed by atoms with Crippen LogP contribution in [0.2, 0.25) is 0 Å². The van der Waals surface area contributed by atoms with Gasteiger partial charge in [0.1, 0.15) is 0 Å². The van der Waals surface area contributed by atoms with Crippen LogP contribution in [0.5, 0.6) is 0 Å². The molecule has 2 rings (SSSR count). The maximum absolute atomic E-state index is 6.02. The minimum atomic E-state index is 0.547. The van der Waals surface area contributed by atoms with Crippen LogP contribution in [0.15, 0.2) is 24.8 Å². The number of ether oxygens (including phenoxy) is 1. The molecule has 0 aromatic rings. The topological polar surface area (TPSA) is 9.23 Å². The van der Waals surface area contributed by atoms with Crippen molar-refractivity contribution >= 4 is 0 Å². The minimum Gasteiger partial charge on any atom is -0.378 e. The Morgan fingerprint density at radius 2 is 1.55 bits per heavy atom. The normalized spacial score (nSPS) is 33.1. The van der Waals surface area contributed by atoms with Gasteiger partial charge in [-0.3, -0.25) is 0 Å². The van der Waals surface area contributed by atoms with Gasteiger partial charge in [-0.25, -0.2) is 0 Å². The van der Waals surface area contributed by atoms with Crippen molar-refractivity contribution < 1.29 is 4.74 Å². The molecule has 0 aromatic heterocycles. The van der Waals surface area contributed by atoms with Crippen LogP contribution in [-0.2, 0) is 4.74 Å². The maximum atomic E-state index is 6.02. The molecule has 0 bridgehead atoms. The zero-order valence-corrected chi connectivity index (χ0v) is 14.6. The Kier molecular flexibility index (Phi) is 8.30. The molecular formula is C21H36O. The van der Waals surface area contributed by atoms with Crippen LogP contribution in [0.3, 0.4) is 0 Å². The summed E-state index contributed by atoms with van der Waals surface area (Å²) in [4.78, 5) is 0. The molecule has 2 aliphatic rings. The molecular weight excluding hydrogens is 268 g/mol. The first-order valence-corrected chi connectivity index (χ1v) is 9.67. The van der Waals surface area contributed by atoms with Gasteiger partial charge >= 0.3 is 0 Å². The zero-order valence-electron chi connectivity index (χ0n) is 14.6. The molecule has 2 aliphatic carbocycles. The molecule has 2 fully saturated rings. The third-order valence-electron chi connectivity index (χ3n) is 5.93. The van der Waals surface area contributed by atoms with Crippen molar-refractivity contribution in [1.29, 1.82) is 0 Å². The zero-order chi connectivity index (χ0) is 15.6. The smallest absolute Gasteiger partial charge is 0.0575 e. The molecule has 0 saturated heterocycles. The summed E-state index contributed by atoms with van der Waals surface area (Å²) in [5.41, 5.74) is 0. The van der Waals surface area contributed by atoms with Crippen molar-refractivity contribution in [2.75, 3.05) is 6.61 Å². The molecule has 0 N–H and O–H groups in total. The minimum absolute atomic E-state index is 0.547. The molecule has 0 heterocycles. The van der Waals surface area contributed by atoms with Gasteiger partial charge in [0.15, 0.2) is 0 Å². The van der Waals surface area contributed by atoms with Gasteiger partial charge in [0.25, 0.3) is 0 Å². The fraction of sp³-hybridized carbons (Fsp3) is 0.810. The second-order valence-corrected chi connectivity index (χ2v) is 7.41. The highest BCUT2D eigenvalue weighted by Crippen LogP contribution is 2.41. The van der Waals surface area contributed by atoms with E-state index in [9.17, 15) is 0 Å². The van der Waals surface area contributed by atoms with Gasteiger partial charge in [-0.15, -0.1) is 6.58 Å². The fourth-order valence-electron chi connectivity index (χ4n) is 4.50. The van der Waals surface area contributed by atoms with E-state index in [0.29, 0.717) is 6.10 Å².